The van der Waals surface area contributed by atoms with Gasteiger partial charge in [0.15, 0.2) is 0 Å². The maximum atomic E-state index is 12.8. The predicted octanol–water partition coefficient (Wildman–Crippen LogP) is 16.8. The fourth-order valence-corrected chi connectivity index (χ4v) is 8.24. The van der Waals surface area contributed by atoms with Crippen molar-refractivity contribution < 1.29 is 37.3 Å². The van der Waals surface area contributed by atoms with Gasteiger partial charge in [0.1, 0.15) is 19.3 Å². The highest BCUT2D eigenvalue weighted by atomic mass is 31.2. The van der Waals surface area contributed by atoms with Crippen LogP contribution < -0.4 is 4.89 Å². The average molecular weight is 960 g/mol. The summed E-state index contributed by atoms with van der Waals surface area (Å²) in [4.78, 5) is 25.2. The molecule has 2 unspecified atom stereocenters. The van der Waals surface area contributed by atoms with Gasteiger partial charge in [-0.05, 0) is 83.5 Å². The highest BCUT2D eigenvalue weighted by Crippen LogP contribution is 2.38. The summed E-state index contributed by atoms with van der Waals surface area (Å²) in [6.07, 6.45) is 66.4. The first-order valence-electron chi connectivity index (χ1n) is 27.7. The third kappa shape index (κ3) is 54.7. The number of allylic oxidation sites excluding steroid dienone is 12. The van der Waals surface area contributed by atoms with Crippen molar-refractivity contribution in [2.45, 2.75) is 238 Å². The third-order valence-electron chi connectivity index (χ3n) is 11.7. The lowest BCUT2D eigenvalue weighted by atomic mass is 10.0. The topological polar surface area (TPSA) is 94.1 Å². The van der Waals surface area contributed by atoms with Crippen molar-refractivity contribution in [1.82, 2.24) is 0 Å². The molecule has 0 radical (unpaired) electrons. The molecule has 0 saturated carbocycles. The van der Waals surface area contributed by atoms with E-state index >= 15 is 0 Å². The van der Waals surface area contributed by atoms with Crippen molar-refractivity contribution in [3.8, 4) is 0 Å². The minimum Gasteiger partial charge on any atom is -0.756 e. The molecular weight excluding hydrogens is 854 g/mol. The Morgan fingerprint density at radius 2 is 0.866 bits per heavy atom. The molecule has 0 aliphatic heterocycles. The monoisotopic (exact) mass is 960 g/mol. The van der Waals surface area contributed by atoms with Crippen LogP contribution in [0.15, 0.2) is 72.9 Å². The van der Waals surface area contributed by atoms with Crippen LogP contribution in [-0.2, 0) is 27.9 Å². The molecule has 0 heterocycles. The Kier molecular flexibility index (Phi) is 48.8. The van der Waals surface area contributed by atoms with Crippen molar-refractivity contribution >= 4 is 13.8 Å². The van der Waals surface area contributed by atoms with Crippen LogP contribution in [0.2, 0.25) is 0 Å². The second-order valence-electron chi connectivity index (χ2n) is 19.6. The maximum Gasteiger partial charge on any atom is 0.306 e. The van der Waals surface area contributed by atoms with Gasteiger partial charge in [-0.2, -0.15) is 0 Å². The first kappa shape index (κ1) is 64.9. The lowest BCUT2D eigenvalue weighted by Gasteiger charge is -2.28. The predicted molar refractivity (Wildman–Crippen MR) is 286 cm³/mol. The number of esters is 1. The van der Waals surface area contributed by atoms with E-state index in [0.29, 0.717) is 24.1 Å². The Bertz CT molecular complexity index is 1300. The van der Waals surface area contributed by atoms with Crippen LogP contribution in [0.25, 0.3) is 0 Å². The van der Waals surface area contributed by atoms with Crippen molar-refractivity contribution in [3.05, 3.63) is 72.9 Å². The van der Waals surface area contributed by atoms with Gasteiger partial charge < -0.3 is 27.9 Å². The van der Waals surface area contributed by atoms with Crippen molar-refractivity contribution in [3.63, 3.8) is 0 Å². The average Bonchev–Trinajstić information content (AvgIpc) is 3.29. The molecule has 0 aromatic heterocycles. The number of carbonyl (C=O) groups excluding carboxylic acids is 1. The number of hydrogen-bond donors (Lipinski definition) is 0. The van der Waals surface area contributed by atoms with Gasteiger partial charge in [0.2, 0.25) is 0 Å². The summed E-state index contributed by atoms with van der Waals surface area (Å²) >= 11 is 0. The first-order valence-corrected chi connectivity index (χ1v) is 29.1. The van der Waals surface area contributed by atoms with Crippen LogP contribution in [0, 0.1) is 0 Å². The van der Waals surface area contributed by atoms with Gasteiger partial charge in [-0.15, -0.1) is 0 Å². The molecule has 0 aliphatic carbocycles. The highest BCUT2D eigenvalue weighted by molar-refractivity contribution is 7.45. The molecule has 0 bridgehead atoms. The lowest BCUT2D eigenvalue weighted by molar-refractivity contribution is -0.870. The zero-order valence-electron chi connectivity index (χ0n) is 44.3. The van der Waals surface area contributed by atoms with Crippen LogP contribution in [-0.4, -0.2) is 70.7 Å². The summed E-state index contributed by atoms with van der Waals surface area (Å²) in [5, 5.41) is 0. The van der Waals surface area contributed by atoms with Crippen molar-refractivity contribution in [2.75, 3.05) is 54.1 Å². The molecule has 0 fully saturated rings. The molecule has 2 atom stereocenters. The van der Waals surface area contributed by atoms with Gasteiger partial charge in [0.05, 0.1) is 34.4 Å². The Labute approximate surface area is 414 Å². The molecule has 0 aliphatic rings. The van der Waals surface area contributed by atoms with Crippen LogP contribution in [0.3, 0.4) is 0 Å². The fraction of sp³-hybridized carbons (Fsp3) is 0.776. The zero-order chi connectivity index (χ0) is 49.0. The van der Waals surface area contributed by atoms with Gasteiger partial charge in [0, 0.05) is 13.0 Å². The van der Waals surface area contributed by atoms with E-state index in [4.69, 9.17) is 18.5 Å². The van der Waals surface area contributed by atoms with Crippen molar-refractivity contribution in [2.24, 2.45) is 0 Å². The summed E-state index contributed by atoms with van der Waals surface area (Å²) in [5.41, 5.74) is 0. The lowest BCUT2D eigenvalue weighted by Crippen LogP contribution is -2.37. The Hall–Kier alpha value is -2.06. The minimum absolute atomic E-state index is 0.0228. The summed E-state index contributed by atoms with van der Waals surface area (Å²) in [6, 6.07) is 0. The Morgan fingerprint density at radius 1 is 0.478 bits per heavy atom. The van der Waals surface area contributed by atoms with Crippen LogP contribution in [0.1, 0.15) is 232 Å². The number of unbranched alkanes of at least 4 members (excludes halogenated alkanes) is 25. The number of quaternary nitrogens is 1. The zero-order valence-corrected chi connectivity index (χ0v) is 45.2. The number of hydrogen-bond acceptors (Lipinski definition) is 7. The fourth-order valence-electron chi connectivity index (χ4n) is 7.51. The Balaban J connectivity index is 4.10. The number of likely N-dealkylation sites (N-methyl/N-ethyl adjacent to an activating group) is 1. The van der Waals surface area contributed by atoms with Crippen LogP contribution in [0.4, 0.5) is 0 Å². The molecule has 0 rings (SSSR count). The molecule has 0 aromatic carbocycles. The van der Waals surface area contributed by atoms with Crippen molar-refractivity contribution in [1.29, 1.82) is 0 Å². The van der Waals surface area contributed by atoms with Gasteiger partial charge >= 0.3 is 5.97 Å². The van der Waals surface area contributed by atoms with Crippen LogP contribution in [0.5, 0.6) is 0 Å². The Morgan fingerprint density at radius 3 is 1.30 bits per heavy atom. The van der Waals surface area contributed by atoms with Gasteiger partial charge in [-0.25, -0.2) is 0 Å². The van der Waals surface area contributed by atoms with E-state index in [1.807, 2.05) is 21.1 Å². The van der Waals surface area contributed by atoms with E-state index in [9.17, 15) is 14.3 Å². The van der Waals surface area contributed by atoms with Gasteiger partial charge in [-0.1, -0.05) is 215 Å². The number of phosphoric ester groups is 1. The second-order valence-corrected chi connectivity index (χ2v) is 21.0. The molecule has 390 valence electrons. The van der Waals surface area contributed by atoms with E-state index in [0.717, 1.165) is 64.2 Å². The molecule has 0 aromatic rings. The summed E-state index contributed by atoms with van der Waals surface area (Å²) in [7, 11) is 1.35. The van der Waals surface area contributed by atoms with E-state index in [-0.39, 0.29) is 25.8 Å². The van der Waals surface area contributed by atoms with Gasteiger partial charge in [0.25, 0.3) is 7.82 Å². The molecule has 0 amide bonds. The molecule has 0 spiro atoms. The molecule has 8 nitrogen and oxygen atoms in total. The summed E-state index contributed by atoms with van der Waals surface area (Å²) in [5.74, 6) is -0.337. The smallest absolute Gasteiger partial charge is 0.306 e. The van der Waals surface area contributed by atoms with Crippen LogP contribution >= 0.6 is 7.82 Å². The number of phosphoric acid groups is 1. The SMILES string of the molecule is CC/C=C\C/C=C\C/C=C\C/C=C\CCCCCCCCCCCCCCC(=O)OC(COCCCCCCCCCCCC/C=C\C/C=C\CCCCC)COP(=O)([O-])OCC[N+](C)(C)C. The van der Waals surface area contributed by atoms with E-state index < -0.39 is 13.9 Å². The normalized spacial score (nSPS) is 14.1. The molecule has 67 heavy (non-hydrogen) atoms. The molecule has 0 saturated heterocycles. The molecule has 9 heteroatoms. The highest BCUT2D eigenvalue weighted by Gasteiger charge is 2.20. The quantitative estimate of drug-likeness (QED) is 0.0197. The first-order chi connectivity index (χ1) is 32.6. The molecular formula is C58H106NO7P. The van der Waals surface area contributed by atoms with E-state index in [1.165, 1.54) is 148 Å². The third-order valence-corrected chi connectivity index (χ3v) is 12.7. The summed E-state index contributed by atoms with van der Waals surface area (Å²) in [6.45, 7) is 5.29. The van der Waals surface area contributed by atoms with Gasteiger partial charge in [-0.3, -0.25) is 9.36 Å². The molecule has 0 N–H and O–H groups in total. The number of nitrogens with zero attached hydrogens (tertiary/aromatic N) is 1. The largest absolute Gasteiger partial charge is 0.756 e. The van der Waals surface area contributed by atoms with E-state index in [2.05, 4.69) is 86.8 Å². The maximum absolute atomic E-state index is 12.8. The standard InChI is InChI=1S/C58H106NO7P/c1-6-8-10-12-14-16-18-20-22-24-26-28-29-30-31-32-33-35-37-39-41-43-45-47-49-51-58(60)66-57(56-65-67(61,62)64-54-52-59(3,4)5)55-63-53-50-48-46-44-42-40-38-36-34-27-25-23-21-19-17-15-13-11-9-7-2/h8,10,14-17,20-23,26,28,57H,6-7,9,11-13,18-19,24-25,27,29-56H2,1-5H3/b10-8-,16-14-,17-15-,22-20-,23-21-,28-26-. The van der Waals surface area contributed by atoms with E-state index in [1.54, 1.807) is 0 Å². The number of carbonyl (C=O) groups is 1. The number of ether oxygens (including phenoxy) is 2. The number of rotatable bonds is 51. The second kappa shape index (κ2) is 50.3. The minimum atomic E-state index is -4.54. The summed E-state index contributed by atoms with van der Waals surface area (Å²) < 4.78 is 34.8.